The summed E-state index contributed by atoms with van der Waals surface area (Å²) in [7, 11) is 0. The van der Waals surface area contributed by atoms with Gasteiger partial charge in [-0.3, -0.25) is 0 Å². The zero-order valence-electron chi connectivity index (χ0n) is 11.1. The highest BCUT2D eigenvalue weighted by Gasteiger charge is 2.04. The molecule has 100 valence electrons. The molecule has 3 rings (SSSR count). The molecule has 0 radical (unpaired) electrons. The summed E-state index contributed by atoms with van der Waals surface area (Å²) in [5.74, 6) is 1.63. The number of hydrogen-bond acceptors (Lipinski definition) is 3. The second kappa shape index (κ2) is 5.47. The molecule has 1 aromatic heterocycles. The van der Waals surface area contributed by atoms with E-state index in [-0.39, 0.29) is 0 Å². The lowest BCUT2D eigenvalue weighted by Crippen LogP contribution is -2.04. The van der Waals surface area contributed by atoms with Gasteiger partial charge >= 0.3 is 0 Å². The molecule has 0 bridgehead atoms. The van der Waals surface area contributed by atoms with Gasteiger partial charge in [0, 0.05) is 17.0 Å². The van der Waals surface area contributed by atoms with E-state index in [0.29, 0.717) is 6.54 Å². The Morgan fingerprint density at radius 2 is 1.75 bits per heavy atom. The van der Waals surface area contributed by atoms with Gasteiger partial charge in [-0.15, -0.1) is 0 Å². The number of rotatable bonds is 3. The van der Waals surface area contributed by atoms with Gasteiger partial charge in [0.1, 0.15) is 11.6 Å². The lowest BCUT2D eigenvalue weighted by Gasteiger charge is -2.09. The van der Waals surface area contributed by atoms with Crippen LogP contribution in [-0.2, 0) is 6.54 Å². The molecule has 2 aromatic carbocycles. The van der Waals surface area contributed by atoms with Crippen molar-refractivity contribution in [2.75, 3.05) is 5.32 Å². The molecule has 0 atom stereocenters. The summed E-state index contributed by atoms with van der Waals surface area (Å²) in [5, 5.41) is 5.15. The van der Waals surface area contributed by atoms with E-state index < -0.39 is 0 Å². The number of fused-ring (bicyclic) bond motifs is 1. The van der Waals surface area contributed by atoms with Gasteiger partial charge in [-0.05, 0) is 36.8 Å². The molecule has 4 heteroatoms. The maximum Gasteiger partial charge on any atom is 0.137 e. The molecule has 3 nitrogen and oxygen atoms in total. The highest BCUT2D eigenvalue weighted by Crippen LogP contribution is 2.20. The first-order chi connectivity index (χ1) is 9.72. The summed E-state index contributed by atoms with van der Waals surface area (Å²) >= 11 is 5.89. The largest absolute Gasteiger partial charge is 0.365 e. The monoisotopic (exact) mass is 283 g/mol. The first-order valence-corrected chi connectivity index (χ1v) is 6.82. The lowest BCUT2D eigenvalue weighted by molar-refractivity contribution is 1.05. The molecule has 0 saturated carbocycles. The van der Waals surface area contributed by atoms with Crippen molar-refractivity contribution in [3.05, 3.63) is 64.9 Å². The second-order valence-corrected chi connectivity index (χ2v) is 5.05. The van der Waals surface area contributed by atoms with Crippen molar-refractivity contribution in [2.45, 2.75) is 13.5 Å². The Hall–Kier alpha value is -2.13. The molecule has 0 aliphatic carbocycles. The smallest absolute Gasteiger partial charge is 0.137 e. The average Bonchev–Trinajstić information content (AvgIpc) is 2.46. The summed E-state index contributed by atoms with van der Waals surface area (Å²) in [6.45, 7) is 2.61. The van der Waals surface area contributed by atoms with Crippen LogP contribution >= 0.6 is 11.6 Å². The van der Waals surface area contributed by atoms with Crippen LogP contribution in [0.15, 0.2) is 48.5 Å². The van der Waals surface area contributed by atoms with Gasteiger partial charge in [-0.1, -0.05) is 35.9 Å². The number of benzene rings is 2. The summed E-state index contributed by atoms with van der Waals surface area (Å²) in [6.07, 6.45) is 0. The minimum absolute atomic E-state index is 0.706. The average molecular weight is 284 g/mol. The van der Waals surface area contributed by atoms with Gasteiger partial charge < -0.3 is 5.32 Å². The number of halogens is 1. The Labute approximate surface area is 122 Å². The predicted octanol–water partition coefficient (Wildman–Crippen LogP) is 4.20. The third kappa shape index (κ3) is 2.73. The van der Waals surface area contributed by atoms with Crippen molar-refractivity contribution in [1.82, 2.24) is 9.97 Å². The summed E-state index contributed by atoms with van der Waals surface area (Å²) < 4.78 is 0. The van der Waals surface area contributed by atoms with Crippen molar-refractivity contribution in [1.29, 1.82) is 0 Å². The second-order valence-electron chi connectivity index (χ2n) is 4.62. The van der Waals surface area contributed by atoms with E-state index in [0.717, 1.165) is 33.1 Å². The normalized spacial score (nSPS) is 10.7. The fourth-order valence-electron chi connectivity index (χ4n) is 2.12. The number of para-hydroxylation sites is 1. The first kappa shape index (κ1) is 12.9. The Bertz CT molecular complexity index is 738. The highest BCUT2D eigenvalue weighted by atomic mass is 35.5. The molecule has 0 fully saturated rings. The third-order valence-corrected chi connectivity index (χ3v) is 3.34. The van der Waals surface area contributed by atoms with Crippen LogP contribution in [0.2, 0.25) is 5.02 Å². The van der Waals surface area contributed by atoms with Crippen LogP contribution in [-0.4, -0.2) is 9.97 Å². The van der Waals surface area contributed by atoms with E-state index >= 15 is 0 Å². The maximum absolute atomic E-state index is 5.89. The van der Waals surface area contributed by atoms with Gasteiger partial charge in [-0.25, -0.2) is 9.97 Å². The Kier molecular flexibility index (Phi) is 3.52. The van der Waals surface area contributed by atoms with Gasteiger partial charge in [0.15, 0.2) is 0 Å². The van der Waals surface area contributed by atoms with E-state index in [9.17, 15) is 0 Å². The van der Waals surface area contributed by atoms with Gasteiger partial charge in [-0.2, -0.15) is 0 Å². The number of nitrogens with one attached hydrogen (secondary N) is 1. The van der Waals surface area contributed by atoms with Crippen molar-refractivity contribution in [2.24, 2.45) is 0 Å². The molecule has 0 aliphatic heterocycles. The van der Waals surface area contributed by atoms with E-state index in [2.05, 4.69) is 15.3 Å². The van der Waals surface area contributed by atoms with Crippen molar-refractivity contribution in [3.8, 4) is 0 Å². The molecular weight excluding hydrogens is 270 g/mol. The molecule has 0 aliphatic rings. The van der Waals surface area contributed by atoms with E-state index in [1.165, 1.54) is 0 Å². The van der Waals surface area contributed by atoms with Gasteiger partial charge in [0.25, 0.3) is 0 Å². The molecule has 0 amide bonds. The fraction of sp³-hybridized carbons (Fsp3) is 0.125. The topological polar surface area (TPSA) is 37.8 Å². The summed E-state index contributed by atoms with van der Waals surface area (Å²) in [5.41, 5.74) is 2.12. The van der Waals surface area contributed by atoms with Crippen LogP contribution in [0.3, 0.4) is 0 Å². The van der Waals surface area contributed by atoms with Crippen LogP contribution in [0.1, 0.15) is 11.4 Å². The lowest BCUT2D eigenvalue weighted by atomic mass is 10.2. The highest BCUT2D eigenvalue weighted by molar-refractivity contribution is 6.30. The molecule has 1 N–H and O–H groups in total. The summed E-state index contributed by atoms with van der Waals surface area (Å²) in [6, 6.07) is 15.8. The third-order valence-electron chi connectivity index (χ3n) is 3.09. The zero-order chi connectivity index (χ0) is 13.9. The maximum atomic E-state index is 5.89. The standard InChI is InChI=1S/C16H14ClN3/c1-11-19-15-5-3-2-4-14(15)16(20-11)18-10-12-6-8-13(17)9-7-12/h2-9H,10H2,1H3,(H,18,19,20). The van der Waals surface area contributed by atoms with Crippen LogP contribution in [0.5, 0.6) is 0 Å². The van der Waals surface area contributed by atoms with Crippen LogP contribution in [0, 0.1) is 6.92 Å². The van der Waals surface area contributed by atoms with Crippen LogP contribution < -0.4 is 5.32 Å². The Morgan fingerprint density at radius 1 is 1.00 bits per heavy atom. The number of nitrogens with zero attached hydrogens (tertiary/aromatic N) is 2. The number of aromatic nitrogens is 2. The molecule has 20 heavy (non-hydrogen) atoms. The number of aryl methyl sites for hydroxylation is 1. The minimum Gasteiger partial charge on any atom is -0.365 e. The molecule has 0 spiro atoms. The number of hydrogen-bond donors (Lipinski definition) is 1. The minimum atomic E-state index is 0.706. The van der Waals surface area contributed by atoms with Crippen LogP contribution in [0.25, 0.3) is 10.9 Å². The summed E-state index contributed by atoms with van der Waals surface area (Å²) in [4.78, 5) is 8.92. The Morgan fingerprint density at radius 3 is 2.55 bits per heavy atom. The predicted molar refractivity (Wildman–Crippen MR) is 83.1 cm³/mol. The number of anilines is 1. The Balaban J connectivity index is 1.88. The molecular formula is C16H14ClN3. The van der Waals surface area contributed by atoms with Gasteiger partial charge in [0.05, 0.1) is 5.52 Å². The van der Waals surface area contributed by atoms with Crippen molar-refractivity contribution < 1.29 is 0 Å². The van der Waals surface area contributed by atoms with Crippen molar-refractivity contribution >= 4 is 28.3 Å². The van der Waals surface area contributed by atoms with E-state index in [1.807, 2.05) is 55.5 Å². The van der Waals surface area contributed by atoms with Gasteiger partial charge in [0.2, 0.25) is 0 Å². The van der Waals surface area contributed by atoms with Crippen molar-refractivity contribution in [3.63, 3.8) is 0 Å². The SMILES string of the molecule is Cc1nc(NCc2ccc(Cl)cc2)c2ccccc2n1. The molecule has 3 aromatic rings. The zero-order valence-corrected chi connectivity index (χ0v) is 11.9. The molecule has 0 unspecified atom stereocenters. The van der Waals surface area contributed by atoms with E-state index in [4.69, 9.17) is 11.6 Å². The molecule has 0 saturated heterocycles. The van der Waals surface area contributed by atoms with E-state index in [1.54, 1.807) is 0 Å². The fourth-order valence-corrected chi connectivity index (χ4v) is 2.24. The quantitative estimate of drug-likeness (QED) is 0.783. The van der Waals surface area contributed by atoms with Crippen LogP contribution in [0.4, 0.5) is 5.82 Å². The first-order valence-electron chi connectivity index (χ1n) is 6.44. The molecule has 1 heterocycles.